The van der Waals surface area contributed by atoms with Gasteiger partial charge in [-0.25, -0.2) is 4.39 Å². The minimum Gasteiger partial charge on any atom is -0.380 e. The third-order valence-electron chi connectivity index (χ3n) is 3.39. The molecular formula is C16H14FNO2S. The molecule has 5 heteroatoms. The molecule has 0 saturated heterocycles. The molecule has 1 N–H and O–H groups in total. The number of methoxy groups -OCH3 is 1. The number of ether oxygens (including phenoxy) is 1. The van der Waals surface area contributed by atoms with Gasteiger partial charge < -0.3 is 10.1 Å². The van der Waals surface area contributed by atoms with Crippen molar-refractivity contribution >= 4 is 34.6 Å². The van der Waals surface area contributed by atoms with Crippen LogP contribution >= 0.6 is 11.3 Å². The lowest BCUT2D eigenvalue weighted by Crippen LogP contribution is -2.03. The maximum atomic E-state index is 13.4. The van der Waals surface area contributed by atoms with Gasteiger partial charge in [0.1, 0.15) is 5.82 Å². The van der Waals surface area contributed by atoms with Gasteiger partial charge in [-0.3, -0.25) is 4.79 Å². The molecule has 108 valence electrons. The van der Waals surface area contributed by atoms with E-state index in [0.29, 0.717) is 23.4 Å². The van der Waals surface area contributed by atoms with E-state index in [9.17, 15) is 9.18 Å². The molecule has 1 aliphatic heterocycles. The zero-order chi connectivity index (χ0) is 15.0. The molecule has 3 nitrogen and oxygen atoms in total. The predicted molar refractivity (Wildman–Crippen MR) is 82.7 cm³/mol. The van der Waals surface area contributed by atoms with Gasteiger partial charge in [0, 0.05) is 28.1 Å². The van der Waals surface area contributed by atoms with E-state index in [-0.39, 0.29) is 11.7 Å². The molecule has 2 aromatic rings. The molecule has 2 heterocycles. The summed E-state index contributed by atoms with van der Waals surface area (Å²) < 4.78 is 18.5. The standard InChI is InChI=1S/C16H14FNO2S/c1-9-10(8-20-2)5-12(21-9)7-14-13-6-11(17)3-4-15(13)18-16(14)19/h3-7H,8H2,1-2H3,(H,18,19)/b14-7-. The van der Waals surface area contributed by atoms with Crippen molar-refractivity contribution < 1.29 is 13.9 Å². The zero-order valence-electron chi connectivity index (χ0n) is 11.7. The number of aryl methyl sites for hydroxylation is 1. The summed E-state index contributed by atoms with van der Waals surface area (Å²) in [5.74, 6) is -0.548. The van der Waals surface area contributed by atoms with E-state index in [4.69, 9.17) is 4.74 Å². The fourth-order valence-corrected chi connectivity index (χ4v) is 3.34. The van der Waals surface area contributed by atoms with Crippen LogP contribution in [0.25, 0.3) is 11.6 Å². The van der Waals surface area contributed by atoms with Crippen LogP contribution in [0.2, 0.25) is 0 Å². The Morgan fingerprint density at radius 2 is 2.19 bits per heavy atom. The fraction of sp³-hybridized carbons (Fsp3) is 0.188. The maximum Gasteiger partial charge on any atom is 0.256 e. The lowest BCUT2D eigenvalue weighted by molar-refractivity contribution is -0.110. The van der Waals surface area contributed by atoms with Crippen LogP contribution in [0.4, 0.5) is 10.1 Å². The van der Waals surface area contributed by atoms with Crippen molar-refractivity contribution in [2.24, 2.45) is 0 Å². The molecule has 0 radical (unpaired) electrons. The molecule has 0 spiro atoms. The fourth-order valence-electron chi connectivity index (χ4n) is 2.36. The molecule has 1 aromatic carbocycles. The summed E-state index contributed by atoms with van der Waals surface area (Å²) in [7, 11) is 1.65. The van der Waals surface area contributed by atoms with Gasteiger partial charge in [0.2, 0.25) is 0 Å². The first-order chi connectivity index (χ1) is 10.1. The van der Waals surface area contributed by atoms with Gasteiger partial charge in [-0.05, 0) is 42.8 Å². The number of anilines is 1. The molecule has 0 fully saturated rings. The molecule has 0 unspecified atom stereocenters. The molecule has 3 rings (SSSR count). The molecule has 0 saturated carbocycles. The Hall–Kier alpha value is -1.98. The maximum absolute atomic E-state index is 13.4. The monoisotopic (exact) mass is 303 g/mol. The Kier molecular flexibility index (Phi) is 3.61. The smallest absolute Gasteiger partial charge is 0.256 e. The van der Waals surface area contributed by atoms with Crippen molar-refractivity contribution in [2.45, 2.75) is 13.5 Å². The number of amides is 1. The van der Waals surface area contributed by atoms with E-state index in [1.807, 2.05) is 13.0 Å². The lowest BCUT2D eigenvalue weighted by Gasteiger charge is -1.97. The summed E-state index contributed by atoms with van der Waals surface area (Å²) in [4.78, 5) is 14.2. The first-order valence-corrected chi connectivity index (χ1v) is 7.31. The number of hydrogen-bond donors (Lipinski definition) is 1. The highest BCUT2D eigenvalue weighted by Crippen LogP contribution is 2.35. The molecule has 0 aliphatic carbocycles. The summed E-state index contributed by atoms with van der Waals surface area (Å²) in [5.41, 5.74) is 2.86. The topological polar surface area (TPSA) is 38.3 Å². The number of hydrogen-bond acceptors (Lipinski definition) is 3. The van der Waals surface area contributed by atoms with Crippen LogP contribution in [0.5, 0.6) is 0 Å². The highest BCUT2D eigenvalue weighted by molar-refractivity contribution is 7.13. The van der Waals surface area contributed by atoms with Crippen LogP contribution in [-0.2, 0) is 16.1 Å². The number of rotatable bonds is 3. The third-order valence-corrected chi connectivity index (χ3v) is 4.43. The Bertz CT molecular complexity index is 749. The van der Waals surface area contributed by atoms with E-state index in [2.05, 4.69) is 5.32 Å². The Balaban J connectivity index is 2.02. The average molecular weight is 303 g/mol. The average Bonchev–Trinajstić information content (AvgIpc) is 2.93. The van der Waals surface area contributed by atoms with Crippen LogP contribution in [0.3, 0.4) is 0 Å². The highest BCUT2D eigenvalue weighted by Gasteiger charge is 2.24. The number of nitrogens with one attached hydrogen (secondary N) is 1. The van der Waals surface area contributed by atoms with Crippen molar-refractivity contribution in [3.63, 3.8) is 0 Å². The Morgan fingerprint density at radius 3 is 2.95 bits per heavy atom. The van der Waals surface area contributed by atoms with Gasteiger partial charge in [0.25, 0.3) is 5.91 Å². The molecule has 1 amide bonds. The number of thiophene rings is 1. The van der Waals surface area contributed by atoms with E-state index in [0.717, 1.165) is 15.3 Å². The first kappa shape index (κ1) is 14.0. The van der Waals surface area contributed by atoms with Crippen LogP contribution < -0.4 is 5.32 Å². The Morgan fingerprint density at radius 1 is 1.38 bits per heavy atom. The quantitative estimate of drug-likeness (QED) is 0.875. The van der Waals surface area contributed by atoms with E-state index < -0.39 is 0 Å². The largest absolute Gasteiger partial charge is 0.380 e. The highest BCUT2D eigenvalue weighted by atomic mass is 32.1. The Labute approximate surface area is 126 Å². The van der Waals surface area contributed by atoms with Crippen molar-refractivity contribution in [3.8, 4) is 0 Å². The van der Waals surface area contributed by atoms with Gasteiger partial charge in [-0.15, -0.1) is 11.3 Å². The molecule has 0 atom stereocenters. The number of benzene rings is 1. The second-order valence-corrected chi connectivity index (χ2v) is 6.15. The number of carbonyl (C=O) groups excluding carboxylic acids is 1. The summed E-state index contributed by atoms with van der Waals surface area (Å²) >= 11 is 1.59. The predicted octanol–water partition coefficient (Wildman–Crippen LogP) is 3.83. The molecule has 1 aromatic heterocycles. The molecule has 0 bridgehead atoms. The minimum atomic E-state index is -0.349. The van der Waals surface area contributed by atoms with Crippen molar-refractivity contribution in [1.82, 2.24) is 0 Å². The molecule has 21 heavy (non-hydrogen) atoms. The van der Waals surface area contributed by atoms with E-state index in [1.54, 1.807) is 30.6 Å². The van der Waals surface area contributed by atoms with Crippen LogP contribution in [0.15, 0.2) is 24.3 Å². The summed E-state index contributed by atoms with van der Waals surface area (Å²) in [5, 5.41) is 2.75. The van der Waals surface area contributed by atoms with Gasteiger partial charge in [0.05, 0.1) is 12.2 Å². The van der Waals surface area contributed by atoms with Crippen LogP contribution in [-0.4, -0.2) is 13.0 Å². The van der Waals surface area contributed by atoms with Crippen molar-refractivity contribution in [3.05, 3.63) is 51.0 Å². The minimum absolute atomic E-state index is 0.199. The molecular weight excluding hydrogens is 289 g/mol. The van der Waals surface area contributed by atoms with Gasteiger partial charge >= 0.3 is 0 Å². The summed E-state index contributed by atoms with van der Waals surface area (Å²) in [6, 6.07) is 6.31. The van der Waals surface area contributed by atoms with Crippen LogP contribution in [0, 0.1) is 12.7 Å². The van der Waals surface area contributed by atoms with E-state index in [1.165, 1.54) is 12.1 Å². The van der Waals surface area contributed by atoms with Crippen LogP contribution in [0.1, 0.15) is 20.9 Å². The first-order valence-electron chi connectivity index (χ1n) is 6.49. The van der Waals surface area contributed by atoms with Crippen molar-refractivity contribution in [2.75, 3.05) is 12.4 Å². The lowest BCUT2D eigenvalue weighted by atomic mass is 10.1. The second kappa shape index (κ2) is 5.42. The van der Waals surface area contributed by atoms with Crippen molar-refractivity contribution in [1.29, 1.82) is 0 Å². The van der Waals surface area contributed by atoms with Gasteiger partial charge in [0.15, 0.2) is 0 Å². The summed E-state index contributed by atoms with van der Waals surface area (Å²) in [6.07, 6.45) is 1.80. The summed E-state index contributed by atoms with van der Waals surface area (Å²) in [6.45, 7) is 2.56. The second-order valence-electron chi connectivity index (χ2n) is 4.87. The third kappa shape index (κ3) is 2.62. The number of carbonyl (C=O) groups is 1. The number of fused-ring (bicyclic) bond motifs is 1. The van der Waals surface area contributed by atoms with Gasteiger partial charge in [-0.2, -0.15) is 0 Å². The normalized spacial score (nSPS) is 15.4. The number of halogens is 1. The van der Waals surface area contributed by atoms with E-state index >= 15 is 0 Å². The SMILES string of the molecule is COCc1cc(/C=C2\C(=O)Nc3ccc(F)cc32)sc1C. The zero-order valence-corrected chi connectivity index (χ0v) is 12.5. The van der Waals surface area contributed by atoms with Gasteiger partial charge in [-0.1, -0.05) is 0 Å². The molecule has 1 aliphatic rings.